The Balaban J connectivity index is 1.89. The molecule has 0 spiro atoms. The molecule has 6 nitrogen and oxygen atoms in total. The highest BCUT2D eigenvalue weighted by molar-refractivity contribution is 5.90. The minimum absolute atomic E-state index is 0.260. The third kappa shape index (κ3) is 5.85. The Bertz CT molecular complexity index is 1140. The Labute approximate surface area is 206 Å². The standard InChI is InChI=1S/C26H28F4N4O2/c1-24(2,27)15-20(32)22(35)34(14-13-31)21(26(28,29)30)18-5-3-16(4-6-18)17-7-9-19(10-8-17)25(11-12-25)23(33)36/h3-10,20-21H,11-12,14-15,32H2,1-2H3,(H2,33,36)/t20-,21-/m0/s1. The quantitative estimate of drug-likeness (QED) is 0.392. The van der Waals surface area contributed by atoms with Crippen molar-refractivity contribution in [3.8, 4) is 17.2 Å². The van der Waals surface area contributed by atoms with E-state index in [2.05, 4.69) is 0 Å². The van der Waals surface area contributed by atoms with Crippen LogP contribution in [-0.4, -0.2) is 41.1 Å². The van der Waals surface area contributed by atoms with E-state index in [9.17, 15) is 27.2 Å². The lowest BCUT2D eigenvalue weighted by molar-refractivity contribution is -0.191. The number of hydrogen-bond donors (Lipinski definition) is 2. The van der Waals surface area contributed by atoms with Crippen LogP contribution in [0.2, 0.25) is 0 Å². The predicted octanol–water partition coefficient (Wildman–Crippen LogP) is 4.29. The van der Waals surface area contributed by atoms with E-state index in [1.807, 2.05) is 0 Å². The molecule has 0 saturated heterocycles. The summed E-state index contributed by atoms with van der Waals surface area (Å²) in [6.45, 7) is 1.47. The molecule has 2 aromatic rings. The molecule has 2 atom stereocenters. The highest BCUT2D eigenvalue weighted by atomic mass is 19.4. The summed E-state index contributed by atoms with van der Waals surface area (Å²) < 4.78 is 56.4. The van der Waals surface area contributed by atoms with Gasteiger partial charge >= 0.3 is 6.18 Å². The number of carbonyl (C=O) groups is 2. The first-order valence-electron chi connectivity index (χ1n) is 11.4. The summed E-state index contributed by atoms with van der Waals surface area (Å²) >= 11 is 0. The minimum atomic E-state index is -4.91. The molecule has 2 aromatic carbocycles. The fourth-order valence-corrected chi connectivity index (χ4v) is 4.38. The largest absolute Gasteiger partial charge is 0.413 e. The van der Waals surface area contributed by atoms with E-state index in [0.717, 1.165) is 5.56 Å². The first-order valence-corrected chi connectivity index (χ1v) is 11.4. The molecule has 192 valence electrons. The number of nitriles is 1. The monoisotopic (exact) mass is 504 g/mol. The van der Waals surface area contributed by atoms with Crippen molar-refractivity contribution < 1.29 is 27.2 Å². The number of halogens is 4. The Morgan fingerprint density at radius 3 is 1.92 bits per heavy atom. The molecule has 0 heterocycles. The van der Waals surface area contributed by atoms with Gasteiger partial charge in [-0.15, -0.1) is 0 Å². The molecule has 0 aromatic heterocycles. The smallest absolute Gasteiger partial charge is 0.369 e. The van der Waals surface area contributed by atoms with Crippen LogP contribution in [0.25, 0.3) is 11.1 Å². The third-order valence-electron chi connectivity index (χ3n) is 6.39. The van der Waals surface area contributed by atoms with E-state index in [-0.39, 0.29) is 11.5 Å². The highest BCUT2D eigenvalue weighted by Crippen LogP contribution is 2.48. The molecule has 0 aliphatic heterocycles. The molecule has 1 aliphatic rings. The second-order valence-electron chi connectivity index (χ2n) is 9.74. The van der Waals surface area contributed by atoms with Gasteiger partial charge in [0.05, 0.1) is 17.5 Å². The van der Waals surface area contributed by atoms with Crippen LogP contribution in [0.3, 0.4) is 0 Å². The first kappa shape index (κ1) is 27.1. The van der Waals surface area contributed by atoms with Crippen LogP contribution in [0.4, 0.5) is 17.6 Å². The average molecular weight is 505 g/mol. The first-order chi connectivity index (χ1) is 16.7. The van der Waals surface area contributed by atoms with Crippen LogP contribution < -0.4 is 11.5 Å². The number of benzene rings is 2. The van der Waals surface area contributed by atoms with Gasteiger partial charge in [0.2, 0.25) is 11.8 Å². The summed E-state index contributed by atoms with van der Waals surface area (Å²) in [6.07, 6.45) is -4.04. The Hall–Kier alpha value is -3.45. The minimum Gasteiger partial charge on any atom is -0.369 e. The molecule has 36 heavy (non-hydrogen) atoms. The average Bonchev–Trinajstić information content (AvgIpc) is 3.59. The van der Waals surface area contributed by atoms with E-state index in [1.165, 1.54) is 38.1 Å². The topological polar surface area (TPSA) is 113 Å². The van der Waals surface area contributed by atoms with Gasteiger partial charge < -0.3 is 16.4 Å². The molecule has 10 heteroatoms. The predicted molar refractivity (Wildman–Crippen MR) is 126 cm³/mol. The van der Waals surface area contributed by atoms with Crippen molar-refractivity contribution in [3.05, 3.63) is 59.7 Å². The Kier molecular flexibility index (Phi) is 7.46. The SMILES string of the molecule is CC(C)(F)C[C@H](N)C(=O)N(CC#N)[C@@H](c1ccc(-c2ccc(C3(C(N)=O)CC3)cc2)cc1)C(F)(F)F. The summed E-state index contributed by atoms with van der Waals surface area (Å²) in [6, 6.07) is 10.1. The number of alkyl halides is 4. The van der Waals surface area contributed by atoms with Crippen LogP contribution >= 0.6 is 0 Å². The van der Waals surface area contributed by atoms with Crippen molar-refractivity contribution in [2.75, 3.05) is 6.54 Å². The molecule has 0 bridgehead atoms. The number of nitrogens with two attached hydrogens (primary N) is 2. The second-order valence-corrected chi connectivity index (χ2v) is 9.74. The number of rotatable bonds is 9. The fourth-order valence-electron chi connectivity index (χ4n) is 4.38. The van der Waals surface area contributed by atoms with Crippen molar-refractivity contribution in [3.63, 3.8) is 0 Å². The number of primary amides is 1. The zero-order valence-corrected chi connectivity index (χ0v) is 20.0. The zero-order chi connectivity index (χ0) is 26.9. The lowest BCUT2D eigenvalue weighted by Crippen LogP contribution is -2.50. The number of hydrogen-bond acceptors (Lipinski definition) is 4. The molecule has 2 amide bonds. The molecule has 0 unspecified atom stereocenters. The van der Waals surface area contributed by atoms with E-state index >= 15 is 0 Å². The molecule has 1 fully saturated rings. The molecule has 0 radical (unpaired) electrons. The Morgan fingerprint density at radius 1 is 1.03 bits per heavy atom. The zero-order valence-electron chi connectivity index (χ0n) is 20.0. The van der Waals surface area contributed by atoms with E-state index in [1.54, 1.807) is 30.3 Å². The summed E-state index contributed by atoms with van der Waals surface area (Å²) in [5.41, 5.74) is 10.6. The highest BCUT2D eigenvalue weighted by Gasteiger charge is 2.50. The molecule has 3 rings (SSSR count). The van der Waals surface area contributed by atoms with Crippen LogP contribution in [0.5, 0.6) is 0 Å². The van der Waals surface area contributed by atoms with Crippen molar-refractivity contribution in [1.29, 1.82) is 5.26 Å². The van der Waals surface area contributed by atoms with Crippen LogP contribution in [0.1, 0.15) is 50.3 Å². The van der Waals surface area contributed by atoms with Gasteiger partial charge in [0.25, 0.3) is 0 Å². The van der Waals surface area contributed by atoms with Crippen molar-refractivity contribution >= 4 is 11.8 Å². The van der Waals surface area contributed by atoms with Gasteiger partial charge in [-0.1, -0.05) is 48.5 Å². The molecule has 1 aliphatic carbocycles. The molecular weight excluding hydrogens is 476 g/mol. The summed E-state index contributed by atoms with van der Waals surface area (Å²) in [5.74, 6) is -1.54. The fraction of sp³-hybridized carbons (Fsp3) is 0.423. The molecule has 4 N–H and O–H groups in total. The van der Waals surface area contributed by atoms with Gasteiger partial charge in [-0.05, 0) is 48.9 Å². The van der Waals surface area contributed by atoms with Crippen LogP contribution in [0.15, 0.2) is 48.5 Å². The second kappa shape index (κ2) is 9.90. The van der Waals surface area contributed by atoms with Crippen LogP contribution in [-0.2, 0) is 15.0 Å². The van der Waals surface area contributed by atoms with Gasteiger partial charge in [0, 0.05) is 6.42 Å². The van der Waals surface area contributed by atoms with E-state index < -0.39 is 48.2 Å². The van der Waals surface area contributed by atoms with E-state index in [0.29, 0.717) is 28.9 Å². The summed E-state index contributed by atoms with van der Waals surface area (Å²) in [7, 11) is 0. The van der Waals surface area contributed by atoms with Crippen LogP contribution in [0, 0.1) is 11.3 Å². The van der Waals surface area contributed by atoms with Crippen molar-refractivity contribution in [2.45, 2.75) is 62.5 Å². The van der Waals surface area contributed by atoms with Gasteiger partial charge in [-0.25, -0.2) is 4.39 Å². The van der Waals surface area contributed by atoms with Gasteiger partial charge in [-0.3, -0.25) is 9.59 Å². The van der Waals surface area contributed by atoms with Crippen molar-refractivity contribution in [2.24, 2.45) is 11.5 Å². The van der Waals surface area contributed by atoms with Gasteiger partial charge in [-0.2, -0.15) is 18.4 Å². The lowest BCUT2D eigenvalue weighted by Gasteiger charge is -2.34. The summed E-state index contributed by atoms with van der Waals surface area (Å²) in [5, 5.41) is 9.12. The maximum atomic E-state index is 14.1. The summed E-state index contributed by atoms with van der Waals surface area (Å²) in [4.78, 5) is 24.9. The normalized spacial score (nSPS) is 16.5. The maximum absolute atomic E-state index is 14.1. The third-order valence-corrected chi connectivity index (χ3v) is 6.39. The molecular formula is C26H28F4N4O2. The Morgan fingerprint density at radius 2 is 1.53 bits per heavy atom. The van der Waals surface area contributed by atoms with E-state index in [4.69, 9.17) is 16.7 Å². The maximum Gasteiger partial charge on any atom is 0.413 e. The lowest BCUT2D eigenvalue weighted by atomic mass is 9.92. The number of nitrogens with zero attached hydrogens (tertiary/aromatic N) is 2. The van der Waals surface area contributed by atoms with Gasteiger partial charge in [0.1, 0.15) is 12.2 Å². The van der Waals surface area contributed by atoms with Gasteiger partial charge in [0.15, 0.2) is 6.04 Å². The van der Waals surface area contributed by atoms with Crippen molar-refractivity contribution in [1.82, 2.24) is 4.90 Å². The molecule has 1 saturated carbocycles. The number of amides is 2. The number of carbonyl (C=O) groups excluding carboxylic acids is 2.